The molecule has 16 heavy (non-hydrogen) atoms. The van der Waals surface area contributed by atoms with Gasteiger partial charge in [0.2, 0.25) is 0 Å². The molecule has 0 aliphatic carbocycles. The van der Waals surface area contributed by atoms with Crippen molar-refractivity contribution in [3.8, 4) is 0 Å². The van der Waals surface area contributed by atoms with E-state index in [-0.39, 0.29) is 0 Å². The predicted molar refractivity (Wildman–Crippen MR) is 70.2 cm³/mol. The molecular weight excluding hydrogens is 220 g/mol. The van der Waals surface area contributed by atoms with Gasteiger partial charge in [0.15, 0.2) is 5.17 Å². The first-order valence-electron chi connectivity index (χ1n) is 6.21. The van der Waals surface area contributed by atoms with E-state index in [1.807, 2.05) is 0 Å². The normalized spacial score (nSPS) is 32.4. The largest absolute Gasteiger partial charge is 0.377 e. The van der Waals surface area contributed by atoms with Crippen LogP contribution >= 0.6 is 11.8 Å². The maximum atomic E-state index is 5.63. The van der Waals surface area contributed by atoms with Gasteiger partial charge in [0, 0.05) is 11.8 Å². The third-order valence-corrected chi connectivity index (χ3v) is 4.80. The second-order valence-electron chi connectivity index (χ2n) is 4.78. The van der Waals surface area contributed by atoms with Crippen LogP contribution in [0.4, 0.5) is 0 Å². The fourth-order valence-corrected chi connectivity index (χ4v) is 3.85. The minimum Gasteiger partial charge on any atom is -0.377 e. The van der Waals surface area contributed by atoms with Crippen LogP contribution in [0.15, 0.2) is 5.10 Å². The van der Waals surface area contributed by atoms with Gasteiger partial charge < -0.3 is 16.5 Å². The third kappa shape index (κ3) is 2.83. The maximum absolute atomic E-state index is 5.63. The fraction of sp³-hybridized carbons (Fsp3) is 0.909. The van der Waals surface area contributed by atoms with Crippen LogP contribution in [0.5, 0.6) is 0 Å². The summed E-state index contributed by atoms with van der Waals surface area (Å²) in [6.45, 7) is 2.60. The highest BCUT2D eigenvalue weighted by Crippen LogP contribution is 2.32. The average Bonchev–Trinajstić information content (AvgIpc) is 2.35. The monoisotopic (exact) mass is 242 g/mol. The summed E-state index contributed by atoms with van der Waals surface area (Å²) >= 11 is 1.61. The molecule has 0 saturated carbocycles. The Balaban J connectivity index is 1.87. The molecule has 0 radical (unpaired) electrons. The van der Waals surface area contributed by atoms with Crippen molar-refractivity contribution in [2.45, 2.75) is 38.1 Å². The van der Waals surface area contributed by atoms with Gasteiger partial charge in [-0.05, 0) is 44.7 Å². The van der Waals surface area contributed by atoms with Crippen molar-refractivity contribution in [3.63, 3.8) is 0 Å². The van der Waals surface area contributed by atoms with Gasteiger partial charge in [-0.3, -0.25) is 0 Å². The summed E-state index contributed by atoms with van der Waals surface area (Å²) in [4.78, 5) is 2.67. The van der Waals surface area contributed by atoms with E-state index in [1.54, 1.807) is 11.8 Å². The summed E-state index contributed by atoms with van der Waals surface area (Å²) in [6, 6.07) is 0.792. The summed E-state index contributed by atoms with van der Waals surface area (Å²) < 4.78 is 0. The molecule has 2 rings (SSSR count). The number of thioether (sulfide) groups is 1. The number of hydrogen-bond acceptors (Lipinski definition) is 4. The van der Waals surface area contributed by atoms with Gasteiger partial charge in [-0.1, -0.05) is 18.2 Å². The van der Waals surface area contributed by atoms with Crippen LogP contribution in [0.2, 0.25) is 0 Å². The van der Waals surface area contributed by atoms with E-state index in [0.717, 1.165) is 17.7 Å². The highest BCUT2D eigenvalue weighted by Gasteiger charge is 2.32. The van der Waals surface area contributed by atoms with E-state index in [2.05, 4.69) is 10.0 Å². The summed E-state index contributed by atoms with van der Waals surface area (Å²) in [5.41, 5.74) is 5.63. The predicted octanol–water partition coefficient (Wildman–Crippen LogP) is 1.17. The number of piperidine rings is 2. The highest BCUT2D eigenvalue weighted by molar-refractivity contribution is 8.13. The lowest BCUT2D eigenvalue weighted by atomic mass is 9.85. The fourth-order valence-electron chi connectivity index (χ4n) is 3.00. The quantitative estimate of drug-likeness (QED) is 0.330. The number of rotatable bonds is 2. The molecule has 4 N–H and O–H groups in total. The SMILES string of the molecule is NN=C(N)SC[C@@H]1CCCN2CCCC[C@@H]12. The van der Waals surface area contributed by atoms with Crippen molar-refractivity contribution >= 4 is 16.9 Å². The van der Waals surface area contributed by atoms with E-state index in [1.165, 1.54) is 45.2 Å². The maximum Gasteiger partial charge on any atom is 0.177 e. The Morgan fingerprint density at radius 2 is 2.06 bits per heavy atom. The van der Waals surface area contributed by atoms with Crippen molar-refractivity contribution in [2.24, 2.45) is 22.6 Å². The molecular formula is C11H22N4S. The molecule has 2 fully saturated rings. The summed E-state index contributed by atoms with van der Waals surface area (Å²) in [6.07, 6.45) is 6.81. The topological polar surface area (TPSA) is 67.6 Å². The van der Waals surface area contributed by atoms with Gasteiger partial charge in [0.25, 0.3) is 0 Å². The van der Waals surface area contributed by atoms with Crippen LogP contribution in [0.3, 0.4) is 0 Å². The van der Waals surface area contributed by atoms with E-state index in [4.69, 9.17) is 11.6 Å². The lowest BCUT2D eigenvalue weighted by Gasteiger charge is -2.44. The Morgan fingerprint density at radius 1 is 1.25 bits per heavy atom. The second kappa shape index (κ2) is 5.77. The molecule has 2 saturated heterocycles. The summed E-state index contributed by atoms with van der Waals surface area (Å²) in [5.74, 6) is 7.01. The number of nitrogens with two attached hydrogens (primary N) is 2. The third-order valence-electron chi connectivity index (χ3n) is 3.80. The highest BCUT2D eigenvalue weighted by atomic mass is 32.2. The molecule has 0 aromatic carbocycles. The summed E-state index contributed by atoms with van der Waals surface area (Å²) in [7, 11) is 0. The van der Waals surface area contributed by atoms with Crippen LogP contribution in [0.1, 0.15) is 32.1 Å². The van der Waals surface area contributed by atoms with Crippen LogP contribution in [0, 0.1) is 5.92 Å². The minimum absolute atomic E-state index is 0.521. The first kappa shape index (κ1) is 12.0. The Hall–Kier alpha value is -0.420. The van der Waals surface area contributed by atoms with Crippen molar-refractivity contribution in [1.82, 2.24) is 4.90 Å². The standard InChI is InChI=1S/C11H22N4S/c12-11(14-13)16-8-9-4-3-7-15-6-2-1-5-10(9)15/h9-10H,1-8,13H2,(H2,12,14)/t9-,10-/m0/s1. The van der Waals surface area contributed by atoms with Gasteiger partial charge in [-0.15, -0.1) is 0 Å². The molecule has 0 unspecified atom stereocenters. The number of amidine groups is 1. The molecule has 0 spiro atoms. The van der Waals surface area contributed by atoms with Gasteiger partial charge in [-0.2, -0.15) is 5.10 Å². The lowest BCUT2D eigenvalue weighted by molar-refractivity contribution is 0.0694. The van der Waals surface area contributed by atoms with Gasteiger partial charge in [0.05, 0.1) is 0 Å². The molecule has 0 aromatic heterocycles. The van der Waals surface area contributed by atoms with Crippen molar-refractivity contribution < 1.29 is 0 Å². The number of fused-ring (bicyclic) bond motifs is 1. The zero-order valence-corrected chi connectivity index (χ0v) is 10.6. The van der Waals surface area contributed by atoms with Gasteiger partial charge >= 0.3 is 0 Å². The van der Waals surface area contributed by atoms with E-state index in [9.17, 15) is 0 Å². The van der Waals surface area contributed by atoms with Crippen LogP contribution in [0.25, 0.3) is 0 Å². The van der Waals surface area contributed by atoms with Crippen molar-refractivity contribution in [3.05, 3.63) is 0 Å². The van der Waals surface area contributed by atoms with Gasteiger partial charge in [0.1, 0.15) is 0 Å². The van der Waals surface area contributed by atoms with Gasteiger partial charge in [-0.25, -0.2) is 0 Å². The second-order valence-corrected chi connectivity index (χ2v) is 5.82. The first-order chi connectivity index (χ1) is 7.81. The lowest BCUT2D eigenvalue weighted by Crippen LogP contribution is -2.48. The Kier molecular flexibility index (Phi) is 4.35. The van der Waals surface area contributed by atoms with Crippen LogP contribution in [-0.4, -0.2) is 35.0 Å². The molecule has 4 nitrogen and oxygen atoms in total. The van der Waals surface area contributed by atoms with Crippen molar-refractivity contribution in [2.75, 3.05) is 18.8 Å². The molecule has 2 heterocycles. The molecule has 2 aliphatic rings. The Labute approximate surface area is 102 Å². The van der Waals surface area contributed by atoms with Crippen LogP contribution in [-0.2, 0) is 0 Å². The molecule has 5 heteroatoms. The molecule has 0 aromatic rings. The van der Waals surface area contributed by atoms with Crippen molar-refractivity contribution in [1.29, 1.82) is 0 Å². The summed E-state index contributed by atoms with van der Waals surface area (Å²) in [5, 5.41) is 4.04. The average molecular weight is 242 g/mol. The first-order valence-corrected chi connectivity index (χ1v) is 7.20. The zero-order valence-electron chi connectivity index (χ0n) is 9.77. The van der Waals surface area contributed by atoms with E-state index in [0.29, 0.717) is 5.17 Å². The number of nitrogens with zero attached hydrogens (tertiary/aromatic N) is 2. The molecule has 2 atom stereocenters. The number of hydrazone groups is 1. The zero-order chi connectivity index (χ0) is 11.4. The van der Waals surface area contributed by atoms with E-state index < -0.39 is 0 Å². The number of hydrogen-bond donors (Lipinski definition) is 2. The molecule has 0 amide bonds. The van der Waals surface area contributed by atoms with Crippen LogP contribution < -0.4 is 11.6 Å². The minimum atomic E-state index is 0.521. The Bertz CT molecular complexity index is 254. The molecule has 0 bridgehead atoms. The molecule has 92 valence electrons. The smallest absolute Gasteiger partial charge is 0.177 e. The Morgan fingerprint density at radius 3 is 2.88 bits per heavy atom. The molecule has 2 aliphatic heterocycles. The van der Waals surface area contributed by atoms with E-state index >= 15 is 0 Å².